The molecule has 0 radical (unpaired) electrons. The van der Waals surface area contributed by atoms with Gasteiger partial charge in [-0.25, -0.2) is 13.5 Å². The summed E-state index contributed by atoms with van der Waals surface area (Å²) in [5.74, 6) is -0.519. The van der Waals surface area contributed by atoms with Gasteiger partial charge in [0.2, 0.25) is 0 Å². The zero-order chi connectivity index (χ0) is 17.6. The third-order valence-corrected chi connectivity index (χ3v) is 3.32. The fourth-order valence-electron chi connectivity index (χ4n) is 2.11. The van der Waals surface area contributed by atoms with Crippen molar-refractivity contribution in [2.24, 2.45) is 0 Å². The predicted molar refractivity (Wildman–Crippen MR) is 84.7 cm³/mol. The third-order valence-electron chi connectivity index (χ3n) is 3.32. The molecule has 9 heteroatoms. The average Bonchev–Trinajstić information content (AvgIpc) is 3.09. The monoisotopic (exact) mass is 344 g/mol. The second kappa shape index (κ2) is 7.56. The van der Waals surface area contributed by atoms with Gasteiger partial charge >= 0.3 is 0 Å². The maximum Gasteiger partial charge on any atom is 0.273 e. The van der Waals surface area contributed by atoms with Crippen molar-refractivity contribution in [3.63, 3.8) is 0 Å². The van der Waals surface area contributed by atoms with Gasteiger partial charge in [-0.3, -0.25) is 4.79 Å². The van der Waals surface area contributed by atoms with Crippen LogP contribution in [0.2, 0.25) is 0 Å². The minimum atomic E-state index is -2.56. The summed E-state index contributed by atoms with van der Waals surface area (Å²) in [6, 6.07) is 13.1. The zero-order valence-electron chi connectivity index (χ0n) is 13.0. The number of hydrogen-bond acceptors (Lipinski definition) is 5. The second-order valence-electron chi connectivity index (χ2n) is 5.18. The van der Waals surface area contributed by atoms with E-state index in [0.29, 0.717) is 5.69 Å². The molecule has 25 heavy (non-hydrogen) atoms. The Kier molecular flexibility index (Phi) is 5.03. The molecule has 2 heterocycles. The van der Waals surface area contributed by atoms with Crippen LogP contribution >= 0.6 is 0 Å². The van der Waals surface area contributed by atoms with Gasteiger partial charge in [-0.1, -0.05) is 35.5 Å². The number of nitrogens with zero attached hydrogens (tertiary/aromatic N) is 5. The maximum absolute atomic E-state index is 12.3. The van der Waals surface area contributed by atoms with E-state index in [0.717, 1.165) is 15.9 Å². The molecule has 0 saturated carbocycles. The van der Waals surface area contributed by atoms with Crippen molar-refractivity contribution in [2.45, 2.75) is 19.5 Å². The Morgan fingerprint density at radius 1 is 1.08 bits per heavy atom. The van der Waals surface area contributed by atoms with Crippen LogP contribution < -0.4 is 5.32 Å². The molecule has 0 aliphatic rings. The topological polar surface area (TPSA) is 85.6 Å². The van der Waals surface area contributed by atoms with Crippen LogP contribution in [0, 0.1) is 0 Å². The summed E-state index contributed by atoms with van der Waals surface area (Å²) >= 11 is 0. The second-order valence-corrected chi connectivity index (χ2v) is 5.18. The Balaban J connectivity index is 1.58. The van der Waals surface area contributed by atoms with Gasteiger partial charge in [0.1, 0.15) is 6.54 Å². The average molecular weight is 344 g/mol. The van der Waals surface area contributed by atoms with Crippen LogP contribution in [0.5, 0.6) is 0 Å². The van der Waals surface area contributed by atoms with E-state index < -0.39 is 18.9 Å². The number of carbonyl (C=O) groups excluding carboxylic acids is 1. The molecule has 0 aliphatic heterocycles. The summed E-state index contributed by atoms with van der Waals surface area (Å²) in [5, 5.41) is 17.8. The summed E-state index contributed by atoms with van der Waals surface area (Å²) in [5.41, 5.74) is 2.20. The molecule has 1 aromatic carbocycles. The van der Waals surface area contributed by atoms with E-state index in [-0.39, 0.29) is 12.2 Å². The van der Waals surface area contributed by atoms with Gasteiger partial charge in [-0.05, 0) is 12.1 Å². The van der Waals surface area contributed by atoms with E-state index in [4.69, 9.17) is 0 Å². The molecule has 0 aliphatic carbocycles. The molecule has 0 unspecified atom stereocenters. The fraction of sp³-hybridized carbons (Fsp3) is 0.188. The maximum atomic E-state index is 12.3. The van der Waals surface area contributed by atoms with E-state index in [1.54, 1.807) is 6.07 Å². The van der Waals surface area contributed by atoms with Crippen molar-refractivity contribution < 1.29 is 13.6 Å². The molecule has 0 atom stereocenters. The van der Waals surface area contributed by atoms with Gasteiger partial charge in [0.15, 0.2) is 5.69 Å². The summed E-state index contributed by atoms with van der Waals surface area (Å²) in [6.07, 6.45) is -1.39. The number of carbonyl (C=O) groups is 1. The molecule has 7 nitrogen and oxygen atoms in total. The van der Waals surface area contributed by atoms with Gasteiger partial charge in [0.25, 0.3) is 12.3 Å². The third kappa shape index (κ3) is 4.40. The van der Waals surface area contributed by atoms with Gasteiger partial charge in [-0.2, -0.15) is 10.2 Å². The van der Waals surface area contributed by atoms with Gasteiger partial charge < -0.3 is 5.32 Å². The van der Waals surface area contributed by atoms with E-state index in [1.807, 2.05) is 36.4 Å². The van der Waals surface area contributed by atoms with Crippen molar-refractivity contribution >= 4 is 5.91 Å². The summed E-state index contributed by atoms with van der Waals surface area (Å²) in [7, 11) is 0. The van der Waals surface area contributed by atoms with Crippen molar-refractivity contribution in [1.29, 1.82) is 0 Å². The number of amides is 1. The van der Waals surface area contributed by atoms with Crippen molar-refractivity contribution in [1.82, 2.24) is 30.5 Å². The Bertz CT molecular complexity index is 835. The number of benzene rings is 1. The first-order valence-corrected chi connectivity index (χ1v) is 7.46. The van der Waals surface area contributed by atoms with E-state index in [9.17, 15) is 13.6 Å². The molecule has 0 fully saturated rings. The summed E-state index contributed by atoms with van der Waals surface area (Å²) in [6.45, 7) is -0.463. The van der Waals surface area contributed by atoms with Crippen LogP contribution in [0.3, 0.4) is 0 Å². The number of halogens is 2. The van der Waals surface area contributed by atoms with Crippen molar-refractivity contribution in [3.05, 3.63) is 60.0 Å². The fourth-order valence-corrected chi connectivity index (χ4v) is 2.11. The molecule has 1 amide bonds. The smallest absolute Gasteiger partial charge is 0.273 e. The lowest BCUT2D eigenvalue weighted by atomic mass is 10.1. The number of nitrogens with one attached hydrogen (secondary N) is 1. The van der Waals surface area contributed by atoms with Crippen LogP contribution in [-0.2, 0) is 13.1 Å². The van der Waals surface area contributed by atoms with E-state index in [2.05, 4.69) is 25.8 Å². The lowest BCUT2D eigenvalue weighted by Gasteiger charge is -2.03. The number of hydrogen-bond donors (Lipinski definition) is 1. The normalized spacial score (nSPS) is 10.8. The molecule has 0 saturated heterocycles. The highest BCUT2D eigenvalue weighted by Gasteiger charge is 2.13. The summed E-state index contributed by atoms with van der Waals surface area (Å²) in [4.78, 5) is 11.9. The first-order chi connectivity index (χ1) is 12.1. The molecule has 128 valence electrons. The molecule has 3 aromatic rings. The minimum Gasteiger partial charge on any atom is -0.345 e. The molecular formula is C16H14F2N6O. The van der Waals surface area contributed by atoms with E-state index >= 15 is 0 Å². The largest absolute Gasteiger partial charge is 0.345 e. The van der Waals surface area contributed by atoms with Gasteiger partial charge in [0.05, 0.1) is 24.1 Å². The van der Waals surface area contributed by atoms with Crippen molar-refractivity contribution in [2.75, 3.05) is 0 Å². The predicted octanol–water partition coefficient (Wildman–Crippen LogP) is 1.93. The molecular weight excluding hydrogens is 330 g/mol. The minimum absolute atomic E-state index is 0.0329. The standard InChI is InChI=1S/C16H14F2N6O/c17-15(18)10-24-9-14(22-23-24)16(25)19-8-12-6-7-13(21-20-12)11-4-2-1-3-5-11/h1-7,9,15H,8,10H2,(H,19,25). The Labute approximate surface area is 141 Å². The number of rotatable bonds is 6. The molecule has 3 rings (SSSR count). The Morgan fingerprint density at radius 2 is 1.88 bits per heavy atom. The SMILES string of the molecule is O=C(NCc1ccc(-c2ccccc2)nn1)c1cn(CC(F)F)nn1. The molecule has 1 N–H and O–H groups in total. The Hall–Kier alpha value is -3.23. The van der Waals surface area contributed by atoms with Crippen LogP contribution in [0.1, 0.15) is 16.2 Å². The van der Waals surface area contributed by atoms with Crippen LogP contribution in [-0.4, -0.2) is 37.5 Å². The highest BCUT2D eigenvalue weighted by Crippen LogP contribution is 2.14. The number of aromatic nitrogens is 5. The van der Waals surface area contributed by atoms with Crippen LogP contribution in [0.4, 0.5) is 8.78 Å². The lowest BCUT2D eigenvalue weighted by molar-refractivity contribution is 0.0944. The van der Waals surface area contributed by atoms with Crippen LogP contribution in [0.25, 0.3) is 11.3 Å². The highest BCUT2D eigenvalue weighted by molar-refractivity contribution is 5.91. The lowest BCUT2D eigenvalue weighted by Crippen LogP contribution is -2.23. The van der Waals surface area contributed by atoms with Gasteiger partial charge in [-0.15, -0.1) is 5.10 Å². The quantitative estimate of drug-likeness (QED) is 0.738. The molecule has 0 bridgehead atoms. The van der Waals surface area contributed by atoms with Gasteiger partial charge in [0, 0.05) is 5.56 Å². The van der Waals surface area contributed by atoms with Crippen LogP contribution in [0.15, 0.2) is 48.7 Å². The summed E-state index contributed by atoms with van der Waals surface area (Å²) < 4.78 is 25.4. The van der Waals surface area contributed by atoms with E-state index in [1.165, 1.54) is 6.20 Å². The van der Waals surface area contributed by atoms with Crippen molar-refractivity contribution in [3.8, 4) is 11.3 Å². The number of alkyl halides is 2. The Morgan fingerprint density at radius 3 is 2.56 bits per heavy atom. The first-order valence-electron chi connectivity index (χ1n) is 7.46. The zero-order valence-corrected chi connectivity index (χ0v) is 13.0. The molecule has 2 aromatic heterocycles. The first kappa shape index (κ1) is 16.6. The highest BCUT2D eigenvalue weighted by atomic mass is 19.3. The molecule has 0 spiro atoms.